The Morgan fingerprint density at radius 3 is 2.58 bits per heavy atom. The molecule has 19 heavy (non-hydrogen) atoms. The van der Waals surface area contributed by atoms with Gasteiger partial charge in [-0.05, 0) is 37.9 Å². The summed E-state index contributed by atoms with van der Waals surface area (Å²) in [5, 5.41) is 9.20. The molecule has 0 amide bonds. The van der Waals surface area contributed by atoms with Crippen molar-refractivity contribution < 1.29 is 14.6 Å². The molecule has 1 aliphatic heterocycles. The van der Waals surface area contributed by atoms with Gasteiger partial charge in [-0.2, -0.15) is 0 Å². The van der Waals surface area contributed by atoms with E-state index in [9.17, 15) is 9.90 Å². The topological polar surface area (TPSA) is 49.8 Å². The van der Waals surface area contributed by atoms with Crippen molar-refractivity contribution in [1.29, 1.82) is 0 Å². The van der Waals surface area contributed by atoms with Gasteiger partial charge in [-0.3, -0.25) is 0 Å². The second-order valence-electron chi connectivity index (χ2n) is 4.90. The summed E-state index contributed by atoms with van der Waals surface area (Å²) in [5.74, 6) is -0.924. The Hall–Kier alpha value is -1.39. The van der Waals surface area contributed by atoms with Crippen LogP contribution in [0.2, 0.25) is 0 Å². The van der Waals surface area contributed by atoms with Crippen molar-refractivity contribution in [1.82, 2.24) is 4.90 Å². The van der Waals surface area contributed by atoms with Gasteiger partial charge in [-0.25, -0.2) is 4.79 Å². The number of likely N-dealkylation sites (tertiary alicyclic amines) is 1. The maximum Gasteiger partial charge on any atom is 0.337 e. The molecule has 1 saturated heterocycles. The SMILES string of the molecule is O=C(O)C(OCCCN1CCCC1)c1ccccc1. The van der Waals surface area contributed by atoms with E-state index in [1.54, 1.807) is 12.1 Å². The van der Waals surface area contributed by atoms with E-state index in [-0.39, 0.29) is 0 Å². The molecule has 0 aromatic heterocycles. The number of ether oxygens (including phenoxy) is 1. The number of aliphatic carboxylic acids is 1. The molecule has 1 aromatic carbocycles. The van der Waals surface area contributed by atoms with Crippen LogP contribution in [0.4, 0.5) is 0 Å². The van der Waals surface area contributed by atoms with E-state index < -0.39 is 12.1 Å². The molecule has 4 heteroatoms. The lowest BCUT2D eigenvalue weighted by molar-refractivity contribution is -0.151. The minimum atomic E-state index is -0.924. The highest BCUT2D eigenvalue weighted by molar-refractivity contribution is 5.74. The zero-order valence-electron chi connectivity index (χ0n) is 11.1. The predicted octanol–water partition coefficient (Wildman–Crippen LogP) is 2.31. The average molecular weight is 263 g/mol. The smallest absolute Gasteiger partial charge is 0.337 e. The summed E-state index contributed by atoms with van der Waals surface area (Å²) in [6.07, 6.45) is 2.60. The van der Waals surface area contributed by atoms with Gasteiger partial charge in [0.2, 0.25) is 0 Å². The summed E-state index contributed by atoms with van der Waals surface area (Å²) >= 11 is 0. The number of carboxylic acid groups (broad SMARTS) is 1. The van der Waals surface area contributed by atoms with Gasteiger partial charge in [0.25, 0.3) is 0 Å². The van der Waals surface area contributed by atoms with E-state index >= 15 is 0 Å². The van der Waals surface area contributed by atoms with Crippen molar-refractivity contribution in [2.24, 2.45) is 0 Å². The van der Waals surface area contributed by atoms with Gasteiger partial charge in [0.05, 0.1) is 0 Å². The number of nitrogens with zero attached hydrogens (tertiary/aromatic N) is 1. The average Bonchev–Trinajstić information content (AvgIpc) is 2.92. The van der Waals surface area contributed by atoms with Gasteiger partial charge >= 0.3 is 5.97 Å². The zero-order valence-corrected chi connectivity index (χ0v) is 11.1. The summed E-state index contributed by atoms with van der Waals surface area (Å²) in [6, 6.07) is 9.12. The normalized spacial score (nSPS) is 17.5. The zero-order chi connectivity index (χ0) is 13.5. The van der Waals surface area contributed by atoms with Crippen LogP contribution >= 0.6 is 0 Å². The highest BCUT2D eigenvalue weighted by Gasteiger charge is 2.20. The first-order valence-electron chi connectivity index (χ1n) is 6.89. The standard InChI is InChI=1S/C15H21NO3/c17-15(18)14(13-7-2-1-3-8-13)19-12-6-11-16-9-4-5-10-16/h1-3,7-8,14H,4-6,9-12H2,(H,17,18). The Morgan fingerprint density at radius 2 is 1.95 bits per heavy atom. The van der Waals surface area contributed by atoms with E-state index in [4.69, 9.17) is 4.74 Å². The Bertz CT molecular complexity index is 388. The molecule has 1 aromatic rings. The summed E-state index contributed by atoms with van der Waals surface area (Å²) in [4.78, 5) is 13.6. The van der Waals surface area contributed by atoms with Gasteiger partial charge in [0.15, 0.2) is 6.10 Å². The molecule has 1 unspecified atom stereocenters. The van der Waals surface area contributed by atoms with Crippen LogP contribution in [0.15, 0.2) is 30.3 Å². The fourth-order valence-corrected chi connectivity index (χ4v) is 2.43. The van der Waals surface area contributed by atoms with E-state index in [1.807, 2.05) is 18.2 Å². The highest BCUT2D eigenvalue weighted by Crippen LogP contribution is 2.17. The molecular formula is C15H21NO3. The van der Waals surface area contributed by atoms with E-state index in [1.165, 1.54) is 25.9 Å². The highest BCUT2D eigenvalue weighted by atomic mass is 16.5. The first-order chi connectivity index (χ1) is 9.27. The molecule has 2 rings (SSSR count). The fraction of sp³-hybridized carbons (Fsp3) is 0.533. The number of benzene rings is 1. The lowest BCUT2D eigenvalue weighted by Gasteiger charge is -2.17. The molecule has 1 atom stereocenters. The van der Waals surface area contributed by atoms with Crippen molar-refractivity contribution in [3.63, 3.8) is 0 Å². The van der Waals surface area contributed by atoms with Crippen LogP contribution in [-0.4, -0.2) is 42.2 Å². The van der Waals surface area contributed by atoms with Crippen LogP contribution in [0.1, 0.15) is 30.9 Å². The van der Waals surface area contributed by atoms with Crippen LogP contribution in [0.5, 0.6) is 0 Å². The van der Waals surface area contributed by atoms with Crippen LogP contribution in [0, 0.1) is 0 Å². The molecule has 1 heterocycles. The van der Waals surface area contributed by atoms with E-state index in [0.717, 1.165) is 13.0 Å². The van der Waals surface area contributed by atoms with Crippen LogP contribution < -0.4 is 0 Å². The van der Waals surface area contributed by atoms with Crippen LogP contribution in [0.3, 0.4) is 0 Å². The van der Waals surface area contributed by atoms with Gasteiger partial charge in [-0.15, -0.1) is 0 Å². The van der Waals surface area contributed by atoms with E-state index in [2.05, 4.69) is 4.90 Å². The number of hydrogen-bond acceptors (Lipinski definition) is 3. The third kappa shape index (κ3) is 4.33. The molecule has 1 N–H and O–H groups in total. The second kappa shape index (κ2) is 7.26. The number of carbonyl (C=O) groups is 1. The Balaban J connectivity index is 1.76. The molecular weight excluding hydrogens is 242 g/mol. The largest absolute Gasteiger partial charge is 0.479 e. The van der Waals surface area contributed by atoms with Crippen molar-refractivity contribution in [3.05, 3.63) is 35.9 Å². The Kier molecular flexibility index (Phi) is 5.36. The summed E-state index contributed by atoms with van der Waals surface area (Å²) in [5.41, 5.74) is 0.705. The molecule has 104 valence electrons. The summed E-state index contributed by atoms with van der Waals surface area (Å²) < 4.78 is 5.52. The van der Waals surface area contributed by atoms with Gasteiger partial charge in [0, 0.05) is 13.2 Å². The van der Waals surface area contributed by atoms with Crippen molar-refractivity contribution >= 4 is 5.97 Å². The number of rotatable bonds is 7. The Morgan fingerprint density at radius 1 is 1.26 bits per heavy atom. The quantitative estimate of drug-likeness (QED) is 0.767. The van der Waals surface area contributed by atoms with Crippen molar-refractivity contribution in [2.75, 3.05) is 26.2 Å². The molecule has 0 saturated carbocycles. The molecule has 0 aliphatic carbocycles. The van der Waals surface area contributed by atoms with Gasteiger partial charge in [-0.1, -0.05) is 30.3 Å². The fourth-order valence-electron chi connectivity index (χ4n) is 2.43. The molecule has 0 bridgehead atoms. The van der Waals surface area contributed by atoms with Gasteiger partial charge in [0.1, 0.15) is 0 Å². The third-order valence-corrected chi connectivity index (χ3v) is 3.43. The van der Waals surface area contributed by atoms with Crippen LogP contribution in [-0.2, 0) is 9.53 Å². The minimum Gasteiger partial charge on any atom is -0.479 e. The molecule has 4 nitrogen and oxygen atoms in total. The molecule has 1 aliphatic rings. The monoisotopic (exact) mass is 263 g/mol. The lowest BCUT2D eigenvalue weighted by atomic mass is 10.1. The molecule has 1 fully saturated rings. The summed E-state index contributed by atoms with van der Waals surface area (Å²) in [7, 11) is 0. The van der Waals surface area contributed by atoms with E-state index in [0.29, 0.717) is 12.2 Å². The Labute approximate surface area is 114 Å². The minimum absolute atomic E-state index is 0.488. The van der Waals surface area contributed by atoms with Gasteiger partial charge < -0.3 is 14.7 Å². The van der Waals surface area contributed by atoms with Crippen molar-refractivity contribution in [2.45, 2.75) is 25.4 Å². The maximum absolute atomic E-state index is 11.2. The predicted molar refractivity (Wildman–Crippen MR) is 73.1 cm³/mol. The van der Waals surface area contributed by atoms with Crippen molar-refractivity contribution in [3.8, 4) is 0 Å². The second-order valence-corrected chi connectivity index (χ2v) is 4.90. The first kappa shape index (κ1) is 14.0. The number of carboxylic acids is 1. The molecule has 0 spiro atoms. The maximum atomic E-state index is 11.2. The number of hydrogen-bond donors (Lipinski definition) is 1. The molecule has 0 radical (unpaired) electrons. The lowest BCUT2D eigenvalue weighted by Crippen LogP contribution is -2.23. The summed E-state index contributed by atoms with van der Waals surface area (Å²) in [6.45, 7) is 3.82. The third-order valence-electron chi connectivity index (χ3n) is 3.43. The van der Waals surface area contributed by atoms with Crippen LogP contribution in [0.25, 0.3) is 0 Å². The first-order valence-corrected chi connectivity index (χ1v) is 6.89.